The van der Waals surface area contributed by atoms with Crippen molar-refractivity contribution in [1.29, 1.82) is 0 Å². The number of piperidine rings is 1. The van der Waals surface area contributed by atoms with Crippen molar-refractivity contribution in [2.24, 2.45) is 0 Å². The normalized spacial score (nSPS) is 13.7. The summed E-state index contributed by atoms with van der Waals surface area (Å²) in [4.78, 5) is 33.9. The molecule has 10 rings (SSSR count). The smallest absolute Gasteiger partial charge is 0.195 e. The number of thiophene rings is 2. The van der Waals surface area contributed by atoms with Gasteiger partial charge in [0.15, 0.2) is 11.6 Å². The Morgan fingerprint density at radius 3 is 1.27 bits per heavy atom. The molecular weight excluding hydrogens is 964 g/mol. The summed E-state index contributed by atoms with van der Waals surface area (Å²) in [5, 5.41) is 31.2. The Morgan fingerprint density at radius 1 is 0.486 bits per heavy atom. The lowest BCUT2D eigenvalue weighted by Crippen LogP contribution is -2.33. The molecular formula is C56H56Cl2N2O8S2. The summed E-state index contributed by atoms with van der Waals surface area (Å²) in [7, 11) is 1.63. The zero-order valence-corrected chi connectivity index (χ0v) is 42.1. The number of carbonyl (C=O) groups is 2. The van der Waals surface area contributed by atoms with Gasteiger partial charge in [0.1, 0.15) is 47.7 Å². The number of phenols is 3. The molecule has 4 heterocycles. The molecule has 2 saturated heterocycles. The number of likely N-dealkylation sites (tertiary alicyclic amines) is 2. The number of phenolic OH excluding ortho intramolecular Hbond substituents is 3. The Bertz CT molecular complexity index is 3000. The van der Waals surface area contributed by atoms with Gasteiger partial charge >= 0.3 is 0 Å². The molecule has 14 heteroatoms. The lowest BCUT2D eigenvalue weighted by atomic mass is 9.97. The van der Waals surface area contributed by atoms with Gasteiger partial charge in [-0.15, -0.1) is 47.5 Å². The average Bonchev–Trinajstić information content (AvgIpc) is 4.13. The largest absolute Gasteiger partial charge is 0.508 e. The number of fused-ring (bicyclic) bond motifs is 2. The van der Waals surface area contributed by atoms with Crippen LogP contribution in [0.15, 0.2) is 133 Å². The van der Waals surface area contributed by atoms with Gasteiger partial charge < -0.3 is 29.5 Å². The molecule has 0 spiro atoms. The predicted molar refractivity (Wildman–Crippen MR) is 287 cm³/mol. The first-order chi connectivity index (χ1) is 33.2. The molecule has 2 fully saturated rings. The van der Waals surface area contributed by atoms with Crippen LogP contribution in [-0.4, -0.2) is 96.3 Å². The van der Waals surface area contributed by atoms with Gasteiger partial charge in [0.05, 0.1) is 7.11 Å². The van der Waals surface area contributed by atoms with E-state index in [1.807, 2.05) is 66.7 Å². The standard InChI is InChI=1S/C29H29NO4S.C27H25NO4S.2ClH/c1-33-23-10-7-21(8-11-23)29-27(25-14-9-22(31)19-26(25)35-29)28(32)20-5-12-24(13-6-20)34-18-17-30-15-3-2-4-16-30;29-20-7-3-19(4-8-20)27-25(23-12-9-21(30)17-24(23)33-27)26(31)18-5-10-22(11-6-18)32-16-15-28-13-1-2-14-28;;/h5-14,19,31H,2-4,15-18H2,1H3;3-12,17,29-30H,1-2,13-16H2;2*1H. The third-order valence-electron chi connectivity index (χ3n) is 12.5. The fourth-order valence-electron chi connectivity index (χ4n) is 8.85. The van der Waals surface area contributed by atoms with E-state index in [4.69, 9.17) is 14.2 Å². The number of aromatic hydroxyl groups is 3. The van der Waals surface area contributed by atoms with E-state index < -0.39 is 0 Å². The number of nitrogens with zero attached hydrogens (tertiary/aromatic N) is 2. The van der Waals surface area contributed by atoms with Crippen molar-refractivity contribution in [3.05, 3.63) is 156 Å². The fourth-order valence-corrected chi connectivity index (χ4v) is 11.3. The van der Waals surface area contributed by atoms with Crippen LogP contribution in [0.4, 0.5) is 0 Å². The van der Waals surface area contributed by atoms with Gasteiger partial charge in [-0.25, -0.2) is 0 Å². The monoisotopic (exact) mass is 1020 g/mol. The minimum Gasteiger partial charge on any atom is -0.508 e. The second kappa shape index (κ2) is 24.1. The third kappa shape index (κ3) is 12.2. The Morgan fingerprint density at radius 2 is 0.857 bits per heavy atom. The SMILES string of the molecule is COc1ccc(-c2sc3cc(O)ccc3c2C(=O)c2ccc(OCCN3CCCCC3)cc2)cc1.Cl.Cl.O=C(c1ccc(OCCN2CCCC2)cc1)c1c(-c2ccc(O)cc2)sc2cc(O)ccc12. The predicted octanol–water partition coefficient (Wildman–Crippen LogP) is 12.9. The van der Waals surface area contributed by atoms with Crippen LogP contribution in [0.1, 0.15) is 63.9 Å². The summed E-state index contributed by atoms with van der Waals surface area (Å²) in [5.41, 5.74) is 4.22. The fraction of sp³-hybridized carbons (Fsp3) is 0.250. The van der Waals surface area contributed by atoms with Crippen LogP contribution in [0.25, 0.3) is 41.1 Å². The molecule has 8 aromatic rings. The van der Waals surface area contributed by atoms with E-state index in [-0.39, 0.29) is 53.6 Å². The van der Waals surface area contributed by atoms with Crippen molar-refractivity contribution in [2.45, 2.75) is 32.1 Å². The van der Waals surface area contributed by atoms with Gasteiger partial charge in [-0.2, -0.15) is 0 Å². The van der Waals surface area contributed by atoms with Crippen LogP contribution in [0.2, 0.25) is 0 Å². The summed E-state index contributed by atoms with van der Waals surface area (Å²) in [6.07, 6.45) is 6.39. The van der Waals surface area contributed by atoms with Crippen molar-refractivity contribution >= 4 is 79.2 Å². The second-order valence-electron chi connectivity index (χ2n) is 17.1. The van der Waals surface area contributed by atoms with Crippen LogP contribution in [-0.2, 0) is 0 Å². The zero-order valence-electron chi connectivity index (χ0n) is 38.8. The summed E-state index contributed by atoms with van der Waals surface area (Å²) in [6.45, 7) is 7.73. The van der Waals surface area contributed by atoms with Crippen LogP contribution >= 0.6 is 47.5 Å². The maximum atomic E-state index is 13.7. The van der Waals surface area contributed by atoms with Gasteiger partial charge in [0, 0.05) is 65.3 Å². The minimum atomic E-state index is -0.0846. The number of hydrogen-bond donors (Lipinski definition) is 3. The number of ether oxygens (including phenoxy) is 3. The highest BCUT2D eigenvalue weighted by Gasteiger charge is 2.24. The van der Waals surface area contributed by atoms with E-state index in [1.165, 1.54) is 54.8 Å². The topological polar surface area (TPSA) is 129 Å². The van der Waals surface area contributed by atoms with Crippen molar-refractivity contribution in [2.75, 3.05) is 59.6 Å². The molecule has 70 heavy (non-hydrogen) atoms. The van der Waals surface area contributed by atoms with Crippen molar-refractivity contribution < 1.29 is 39.1 Å². The maximum absolute atomic E-state index is 13.7. The molecule has 0 atom stereocenters. The van der Waals surface area contributed by atoms with Crippen LogP contribution in [0.5, 0.6) is 34.5 Å². The minimum absolute atomic E-state index is 0. The molecule has 2 aromatic heterocycles. The first-order valence-corrected chi connectivity index (χ1v) is 24.8. The van der Waals surface area contributed by atoms with E-state index >= 15 is 0 Å². The Hall–Kier alpha value is -6.12. The Labute approximate surface area is 428 Å². The summed E-state index contributed by atoms with van der Waals surface area (Å²) in [5.74, 6) is 2.67. The summed E-state index contributed by atoms with van der Waals surface area (Å²) >= 11 is 2.96. The molecule has 3 N–H and O–H groups in total. The van der Waals surface area contributed by atoms with Crippen molar-refractivity contribution in [3.8, 4) is 55.4 Å². The zero-order chi connectivity index (χ0) is 47.0. The number of methoxy groups -OCH3 is 1. The molecule has 0 saturated carbocycles. The highest BCUT2D eigenvalue weighted by molar-refractivity contribution is 7.23. The van der Waals surface area contributed by atoms with Crippen LogP contribution in [0, 0.1) is 0 Å². The van der Waals surface area contributed by atoms with Gasteiger partial charge in [-0.1, -0.05) is 6.42 Å². The number of halogens is 2. The Balaban J connectivity index is 0.000000201. The van der Waals surface area contributed by atoms with Gasteiger partial charge in [0.2, 0.25) is 0 Å². The maximum Gasteiger partial charge on any atom is 0.195 e. The highest BCUT2D eigenvalue weighted by Crippen LogP contribution is 2.43. The molecule has 0 amide bonds. The quantitative estimate of drug-likeness (QED) is 0.0854. The molecule has 0 radical (unpaired) electrons. The van der Waals surface area contributed by atoms with E-state index in [1.54, 1.807) is 73.8 Å². The number of benzene rings is 6. The molecule has 364 valence electrons. The number of carbonyl (C=O) groups excluding carboxylic acids is 2. The van der Waals surface area contributed by atoms with E-state index in [2.05, 4.69) is 9.80 Å². The number of rotatable bonds is 15. The lowest BCUT2D eigenvalue weighted by molar-refractivity contribution is 0.103. The second-order valence-corrected chi connectivity index (χ2v) is 19.2. The molecule has 0 bridgehead atoms. The molecule has 0 unspecified atom stereocenters. The van der Waals surface area contributed by atoms with Crippen molar-refractivity contribution in [3.63, 3.8) is 0 Å². The third-order valence-corrected chi connectivity index (χ3v) is 14.9. The average molecular weight is 1020 g/mol. The van der Waals surface area contributed by atoms with E-state index in [0.717, 1.165) is 97.6 Å². The molecule has 2 aliphatic rings. The molecule has 6 aromatic carbocycles. The summed E-state index contributed by atoms with van der Waals surface area (Å²) < 4.78 is 18.8. The van der Waals surface area contributed by atoms with E-state index in [0.29, 0.717) is 35.5 Å². The van der Waals surface area contributed by atoms with Crippen LogP contribution < -0.4 is 14.2 Å². The highest BCUT2D eigenvalue weighted by atomic mass is 35.5. The summed E-state index contributed by atoms with van der Waals surface area (Å²) in [6, 6.07) is 39.4. The van der Waals surface area contributed by atoms with Gasteiger partial charge in [0.25, 0.3) is 0 Å². The van der Waals surface area contributed by atoms with Gasteiger partial charge in [-0.3, -0.25) is 19.4 Å². The first kappa shape index (κ1) is 51.7. The molecule has 2 aliphatic heterocycles. The van der Waals surface area contributed by atoms with Crippen LogP contribution in [0.3, 0.4) is 0 Å². The van der Waals surface area contributed by atoms with Gasteiger partial charge in [-0.05, 0) is 196 Å². The Kier molecular flexibility index (Phi) is 17.8. The first-order valence-electron chi connectivity index (χ1n) is 23.2. The lowest BCUT2D eigenvalue weighted by Gasteiger charge is -2.26. The molecule has 10 nitrogen and oxygen atoms in total. The van der Waals surface area contributed by atoms with Crippen molar-refractivity contribution in [1.82, 2.24) is 9.80 Å². The number of ketones is 2. The number of hydrogen-bond acceptors (Lipinski definition) is 12. The molecule has 0 aliphatic carbocycles. The van der Waals surface area contributed by atoms with E-state index in [9.17, 15) is 24.9 Å².